The first-order chi connectivity index (χ1) is 4.68. The summed E-state index contributed by atoms with van der Waals surface area (Å²) < 4.78 is 12.0. The maximum atomic E-state index is 12.0. The minimum Gasteiger partial charge on any atom is -0.111 e. The molecule has 0 saturated carbocycles. The summed E-state index contributed by atoms with van der Waals surface area (Å²) in [5.41, 5.74) is 0. The summed E-state index contributed by atoms with van der Waals surface area (Å²) in [5, 5.41) is 9.90. The third-order valence-corrected chi connectivity index (χ3v) is 1.02. The fourth-order valence-electron chi connectivity index (χ4n) is 0.671. The third-order valence-electron chi connectivity index (χ3n) is 1.02. The number of hydrogen-bond donors (Lipinski definition) is 0. The van der Waals surface area contributed by atoms with E-state index in [0.717, 1.165) is 0 Å². The van der Waals surface area contributed by atoms with E-state index in [4.69, 9.17) is 0 Å². The molecule has 0 amide bonds. The first kappa shape index (κ1) is 7.11. The van der Waals surface area contributed by atoms with Gasteiger partial charge < -0.3 is 0 Å². The lowest BCUT2D eigenvalue weighted by atomic mass is 10.1. The van der Waals surface area contributed by atoms with Crippen molar-refractivity contribution in [2.75, 3.05) is 0 Å². The average Bonchev–Trinajstić information content (AvgIpc) is 2.13. The Kier molecular flexibility index (Phi) is 1.94. The molecule has 0 saturated heterocycles. The van der Waals surface area contributed by atoms with Gasteiger partial charge in [0, 0.05) is 11.4 Å². The van der Waals surface area contributed by atoms with E-state index in [1.807, 2.05) is 13.8 Å². The minimum atomic E-state index is -0.0162. The summed E-state index contributed by atoms with van der Waals surface area (Å²) in [4.78, 5) is 0. The highest BCUT2D eigenvalue weighted by molar-refractivity contribution is 4.77. The quantitative estimate of drug-likeness (QED) is 0.610. The Labute approximate surface area is 58.0 Å². The van der Waals surface area contributed by atoms with Crippen LogP contribution in [0.15, 0.2) is 0 Å². The molecule has 0 aromatic carbocycles. The zero-order chi connectivity index (χ0) is 7.56. The van der Waals surface area contributed by atoms with E-state index in [1.165, 1.54) is 0 Å². The number of hydrogen-bond acceptors (Lipinski definition) is 3. The molecular weight excluding hydrogens is 135 g/mol. The summed E-state index contributed by atoms with van der Waals surface area (Å²) in [6.45, 7) is 4.03. The molecule has 0 N–H and O–H groups in total. The fraction of sp³-hybridized carbons (Fsp3) is 0.800. The van der Waals surface area contributed by atoms with Crippen molar-refractivity contribution in [1.82, 2.24) is 20.4 Å². The van der Waals surface area contributed by atoms with Crippen LogP contribution in [-0.4, -0.2) is 20.4 Å². The molecule has 0 aliphatic carbocycles. The molecule has 0 aliphatic heterocycles. The van der Waals surface area contributed by atoms with E-state index in [1.54, 1.807) is 0 Å². The molecule has 0 atom stereocenters. The lowest BCUT2D eigenvalue weighted by molar-refractivity contribution is 0.256. The van der Waals surface area contributed by atoms with Gasteiger partial charge in [-0.25, -0.2) is 0 Å². The summed E-state index contributed by atoms with van der Waals surface area (Å²) >= 11 is 0. The van der Waals surface area contributed by atoms with E-state index < -0.39 is 0 Å². The van der Waals surface area contributed by atoms with Gasteiger partial charge in [0.1, 0.15) is 0 Å². The third kappa shape index (κ3) is 1.75. The molecule has 10 heavy (non-hydrogen) atoms. The van der Waals surface area contributed by atoms with Crippen molar-refractivity contribution >= 4 is 0 Å². The van der Waals surface area contributed by atoms with Gasteiger partial charge in [-0.2, -0.15) is 0 Å². The summed E-state index contributed by atoms with van der Waals surface area (Å²) in [6, 6.07) is 0. The Morgan fingerprint density at radius 2 is 2.30 bits per heavy atom. The van der Waals surface area contributed by atoms with Gasteiger partial charge in [-0.3, -0.25) is 0 Å². The molecule has 0 unspecified atom stereocenters. The van der Waals surface area contributed by atoms with E-state index in [0.29, 0.717) is 18.2 Å². The number of aromatic nitrogens is 4. The van der Waals surface area contributed by atoms with Crippen molar-refractivity contribution in [3.63, 3.8) is 0 Å². The fourth-order valence-corrected chi connectivity index (χ4v) is 0.671. The highest BCUT2D eigenvalue weighted by Gasteiger charge is 2.03. The lowest BCUT2D eigenvalue weighted by Crippen LogP contribution is -1.96. The number of halogens is 1. The predicted octanol–water partition coefficient (Wildman–Crippen LogP) is 0.604. The topological polar surface area (TPSA) is 43.6 Å². The van der Waals surface area contributed by atoms with Gasteiger partial charge in [0.2, 0.25) is 0 Å². The molecular formula is C5H9FN4. The van der Waals surface area contributed by atoms with E-state index in [2.05, 4.69) is 15.4 Å². The van der Waals surface area contributed by atoms with Crippen molar-refractivity contribution < 1.29 is 4.48 Å². The Morgan fingerprint density at radius 3 is 2.70 bits per heavy atom. The maximum Gasteiger partial charge on any atom is 0.178 e. The largest absolute Gasteiger partial charge is 0.178 e. The first-order valence-electron chi connectivity index (χ1n) is 3.13. The zero-order valence-corrected chi connectivity index (χ0v) is 5.95. The van der Waals surface area contributed by atoms with Crippen molar-refractivity contribution in [3.8, 4) is 0 Å². The van der Waals surface area contributed by atoms with Crippen LogP contribution in [0.5, 0.6) is 0 Å². The Balaban J connectivity index is 2.58. The normalized spacial score (nSPS) is 10.8. The van der Waals surface area contributed by atoms with Crippen LogP contribution < -0.4 is 0 Å². The van der Waals surface area contributed by atoms with Gasteiger partial charge in [0.25, 0.3) is 0 Å². The minimum absolute atomic E-state index is 0.0162. The van der Waals surface area contributed by atoms with Crippen LogP contribution in [0.3, 0.4) is 0 Å². The highest BCUT2D eigenvalue weighted by atomic mass is 19.2. The van der Waals surface area contributed by atoms with Crippen molar-refractivity contribution in [3.05, 3.63) is 5.82 Å². The van der Waals surface area contributed by atoms with Crippen molar-refractivity contribution in [2.24, 2.45) is 5.92 Å². The van der Waals surface area contributed by atoms with Crippen LogP contribution in [-0.2, 0) is 6.42 Å². The second-order valence-corrected chi connectivity index (χ2v) is 2.54. The standard InChI is InChI=1S/C5H9FN4/c1-4(2)3-5-7-9-10(6)8-5/h4H,3H2,1-2H3. The highest BCUT2D eigenvalue weighted by Crippen LogP contribution is 1.99. The van der Waals surface area contributed by atoms with Gasteiger partial charge in [0.15, 0.2) is 5.82 Å². The maximum absolute atomic E-state index is 12.0. The van der Waals surface area contributed by atoms with Gasteiger partial charge in [0.05, 0.1) is 0 Å². The molecule has 0 fully saturated rings. The molecule has 56 valence electrons. The smallest absolute Gasteiger partial charge is 0.111 e. The SMILES string of the molecule is CC(C)Cc1nnn(F)n1. The second kappa shape index (κ2) is 2.72. The number of nitrogens with zero attached hydrogens (tertiary/aromatic N) is 4. The molecule has 0 spiro atoms. The number of rotatable bonds is 2. The van der Waals surface area contributed by atoms with E-state index in [-0.39, 0.29) is 5.02 Å². The molecule has 1 heterocycles. The molecule has 5 heteroatoms. The van der Waals surface area contributed by atoms with Gasteiger partial charge in [-0.15, -0.1) is 10.2 Å². The van der Waals surface area contributed by atoms with Crippen LogP contribution in [0.25, 0.3) is 0 Å². The van der Waals surface area contributed by atoms with Gasteiger partial charge in [-0.05, 0) is 11.1 Å². The lowest BCUT2D eigenvalue weighted by Gasteiger charge is -1.95. The van der Waals surface area contributed by atoms with Crippen molar-refractivity contribution in [2.45, 2.75) is 20.3 Å². The molecule has 1 aromatic rings. The molecule has 1 aromatic heterocycles. The molecule has 0 radical (unpaired) electrons. The Hall–Kier alpha value is -1.00. The molecule has 4 nitrogen and oxygen atoms in total. The average molecular weight is 144 g/mol. The Bertz CT molecular complexity index is 207. The van der Waals surface area contributed by atoms with E-state index >= 15 is 0 Å². The Morgan fingerprint density at radius 1 is 1.60 bits per heavy atom. The van der Waals surface area contributed by atoms with Crippen molar-refractivity contribution in [1.29, 1.82) is 0 Å². The van der Waals surface area contributed by atoms with Gasteiger partial charge >= 0.3 is 0 Å². The van der Waals surface area contributed by atoms with Gasteiger partial charge in [-0.1, -0.05) is 18.3 Å². The summed E-state index contributed by atoms with van der Waals surface area (Å²) in [5.74, 6) is 0.890. The zero-order valence-electron chi connectivity index (χ0n) is 5.95. The molecule has 1 rings (SSSR count). The second-order valence-electron chi connectivity index (χ2n) is 2.54. The van der Waals surface area contributed by atoms with Crippen LogP contribution in [0.4, 0.5) is 4.48 Å². The molecule has 0 bridgehead atoms. The molecule has 0 aliphatic rings. The van der Waals surface area contributed by atoms with Crippen LogP contribution >= 0.6 is 0 Å². The van der Waals surface area contributed by atoms with E-state index in [9.17, 15) is 4.48 Å². The van der Waals surface area contributed by atoms with Crippen LogP contribution in [0.2, 0.25) is 0 Å². The monoisotopic (exact) mass is 144 g/mol. The van der Waals surface area contributed by atoms with Crippen LogP contribution in [0.1, 0.15) is 19.7 Å². The summed E-state index contributed by atoms with van der Waals surface area (Å²) in [6.07, 6.45) is 0.671. The van der Waals surface area contributed by atoms with Crippen LogP contribution in [0, 0.1) is 5.92 Å². The number of tetrazole rings is 1. The first-order valence-corrected chi connectivity index (χ1v) is 3.13. The summed E-state index contributed by atoms with van der Waals surface area (Å²) in [7, 11) is 0. The predicted molar refractivity (Wildman–Crippen MR) is 32.9 cm³/mol.